The first-order chi connectivity index (χ1) is 14.5. The van der Waals surface area contributed by atoms with Crippen molar-refractivity contribution in [2.75, 3.05) is 26.2 Å². The van der Waals surface area contributed by atoms with Crippen molar-refractivity contribution in [1.82, 2.24) is 26.6 Å². The topological polar surface area (TPSA) is 94.7 Å². The van der Waals surface area contributed by atoms with E-state index in [1.807, 2.05) is 12.1 Å². The van der Waals surface area contributed by atoms with Gasteiger partial charge in [-0.1, -0.05) is 23.2 Å². The summed E-state index contributed by atoms with van der Waals surface area (Å²) in [7, 11) is 0. The first-order valence-electron chi connectivity index (χ1n) is 10.4. The van der Waals surface area contributed by atoms with E-state index >= 15 is 0 Å². The third-order valence-corrected chi connectivity index (χ3v) is 5.76. The van der Waals surface area contributed by atoms with Crippen LogP contribution in [-0.4, -0.2) is 55.2 Å². The number of nitrogens with one attached hydrogen (secondary N) is 4. The standard InChI is InChI=1S/C20H29Cl2N5O3/c21-15-10-14(11-16(22)12-15)6-9-30-20(29)27-7-4-17(5-8-27)24-19(28)3-1-2-18-13-23-26-25-18/h10-12,17-18,23,25-26H,1-9,13H2,(H,24,28). The van der Waals surface area contributed by atoms with Crippen LogP contribution in [0.15, 0.2) is 18.2 Å². The Hall–Kier alpha value is -1.58. The number of carbonyl (C=O) groups excluding carboxylic acids is 2. The number of ether oxygens (including phenoxy) is 1. The van der Waals surface area contributed by atoms with E-state index in [-0.39, 0.29) is 24.6 Å². The predicted octanol–water partition coefficient (Wildman–Crippen LogP) is 2.40. The zero-order chi connectivity index (χ0) is 21.3. The maximum atomic E-state index is 12.3. The second-order valence-electron chi connectivity index (χ2n) is 7.71. The van der Waals surface area contributed by atoms with Crippen LogP contribution >= 0.6 is 23.2 Å². The lowest BCUT2D eigenvalue weighted by Crippen LogP contribution is -2.46. The van der Waals surface area contributed by atoms with Crippen molar-refractivity contribution >= 4 is 35.2 Å². The van der Waals surface area contributed by atoms with Gasteiger partial charge in [0.25, 0.3) is 0 Å². The molecule has 0 aliphatic carbocycles. The molecule has 30 heavy (non-hydrogen) atoms. The monoisotopic (exact) mass is 457 g/mol. The van der Waals surface area contributed by atoms with E-state index < -0.39 is 0 Å². The summed E-state index contributed by atoms with van der Waals surface area (Å²) < 4.78 is 5.38. The van der Waals surface area contributed by atoms with E-state index in [0.29, 0.717) is 42.0 Å². The van der Waals surface area contributed by atoms with Gasteiger partial charge in [-0.2, -0.15) is 5.53 Å². The summed E-state index contributed by atoms with van der Waals surface area (Å²) in [6.45, 7) is 2.29. The van der Waals surface area contributed by atoms with Crippen molar-refractivity contribution in [3.63, 3.8) is 0 Å². The number of benzene rings is 1. The first kappa shape index (κ1) is 23.1. The molecule has 0 spiro atoms. The van der Waals surface area contributed by atoms with Gasteiger partial charge < -0.3 is 15.0 Å². The second kappa shape index (κ2) is 11.7. The number of hydrogen-bond donors (Lipinski definition) is 4. The number of amides is 2. The van der Waals surface area contributed by atoms with Gasteiger partial charge in [0.15, 0.2) is 0 Å². The van der Waals surface area contributed by atoms with Gasteiger partial charge in [0.05, 0.1) is 6.61 Å². The molecule has 10 heteroatoms. The van der Waals surface area contributed by atoms with Crippen molar-refractivity contribution in [2.45, 2.75) is 50.6 Å². The minimum absolute atomic E-state index is 0.0788. The highest BCUT2D eigenvalue weighted by molar-refractivity contribution is 6.34. The number of nitrogens with zero attached hydrogens (tertiary/aromatic N) is 1. The Bertz CT molecular complexity index is 702. The molecule has 0 radical (unpaired) electrons. The number of likely N-dealkylation sites (tertiary alicyclic amines) is 1. The smallest absolute Gasteiger partial charge is 0.409 e. The molecule has 4 N–H and O–H groups in total. The summed E-state index contributed by atoms with van der Waals surface area (Å²) >= 11 is 12.0. The van der Waals surface area contributed by atoms with Crippen molar-refractivity contribution in [3.05, 3.63) is 33.8 Å². The summed E-state index contributed by atoms with van der Waals surface area (Å²) in [4.78, 5) is 26.1. The second-order valence-corrected chi connectivity index (χ2v) is 8.58. The third kappa shape index (κ3) is 7.59. The zero-order valence-corrected chi connectivity index (χ0v) is 18.4. The van der Waals surface area contributed by atoms with E-state index in [0.717, 1.165) is 37.8 Å². The lowest BCUT2D eigenvalue weighted by molar-refractivity contribution is -0.122. The van der Waals surface area contributed by atoms with Crippen LogP contribution in [0.3, 0.4) is 0 Å². The molecule has 2 amide bonds. The molecule has 0 aromatic heterocycles. The van der Waals surface area contributed by atoms with Crippen molar-refractivity contribution in [3.8, 4) is 0 Å². The van der Waals surface area contributed by atoms with Gasteiger partial charge in [0.2, 0.25) is 5.91 Å². The molecule has 1 aromatic rings. The lowest BCUT2D eigenvalue weighted by atomic mass is 10.0. The van der Waals surface area contributed by atoms with Crippen molar-refractivity contribution in [1.29, 1.82) is 0 Å². The maximum Gasteiger partial charge on any atom is 0.409 e. The SMILES string of the molecule is O=C(CCCC1CNNN1)NC1CCN(C(=O)OCCc2cc(Cl)cc(Cl)c2)CC1. The minimum Gasteiger partial charge on any atom is -0.449 e. The number of hydrogen-bond acceptors (Lipinski definition) is 6. The summed E-state index contributed by atoms with van der Waals surface area (Å²) in [6.07, 6.45) is 4.02. The van der Waals surface area contributed by atoms with Crippen LogP contribution in [0.25, 0.3) is 0 Å². The average Bonchev–Trinajstić information content (AvgIpc) is 3.21. The Kier molecular flexibility index (Phi) is 9.02. The van der Waals surface area contributed by atoms with Crippen LogP contribution < -0.4 is 21.7 Å². The average molecular weight is 458 g/mol. The molecule has 3 rings (SSSR count). The molecule has 2 heterocycles. The van der Waals surface area contributed by atoms with Crippen molar-refractivity contribution < 1.29 is 14.3 Å². The lowest BCUT2D eigenvalue weighted by Gasteiger charge is -2.31. The summed E-state index contributed by atoms with van der Waals surface area (Å²) in [6, 6.07) is 5.77. The Labute approximate surface area is 186 Å². The predicted molar refractivity (Wildman–Crippen MR) is 116 cm³/mol. The molecule has 2 aliphatic rings. The summed E-state index contributed by atoms with van der Waals surface area (Å²) in [5.41, 5.74) is 9.89. The van der Waals surface area contributed by atoms with Crippen LogP contribution in [0.5, 0.6) is 0 Å². The molecule has 166 valence electrons. The third-order valence-electron chi connectivity index (χ3n) is 5.33. The molecule has 8 nitrogen and oxygen atoms in total. The number of rotatable bonds is 8. The summed E-state index contributed by atoms with van der Waals surface area (Å²) in [5.74, 6) is 0.0788. The summed E-state index contributed by atoms with van der Waals surface area (Å²) in [5, 5.41) is 4.22. The fraction of sp³-hybridized carbons (Fsp3) is 0.600. The van der Waals surface area contributed by atoms with Crippen LogP contribution in [0.1, 0.15) is 37.7 Å². The molecule has 2 aliphatic heterocycles. The molecule has 1 unspecified atom stereocenters. The molecule has 0 bridgehead atoms. The molecular formula is C20H29Cl2N5O3. The number of carbonyl (C=O) groups is 2. The van der Waals surface area contributed by atoms with Crippen LogP contribution in [0, 0.1) is 0 Å². The largest absolute Gasteiger partial charge is 0.449 e. The van der Waals surface area contributed by atoms with E-state index in [4.69, 9.17) is 27.9 Å². The Balaban J connectivity index is 1.28. The Morgan fingerprint density at radius 3 is 2.57 bits per heavy atom. The van der Waals surface area contributed by atoms with Gasteiger partial charge in [-0.15, -0.1) is 0 Å². The van der Waals surface area contributed by atoms with Gasteiger partial charge in [-0.25, -0.2) is 15.6 Å². The number of hydrazine groups is 2. The van der Waals surface area contributed by atoms with Gasteiger partial charge in [-0.05, 0) is 49.4 Å². The zero-order valence-electron chi connectivity index (χ0n) is 16.9. The first-order valence-corrected chi connectivity index (χ1v) is 11.1. The molecular weight excluding hydrogens is 429 g/mol. The van der Waals surface area contributed by atoms with Gasteiger partial charge in [-0.3, -0.25) is 4.79 Å². The van der Waals surface area contributed by atoms with E-state index in [1.54, 1.807) is 11.0 Å². The Morgan fingerprint density at radius 2 is 1.90 bits per heavy atom. The normalized spacial score (nSPS) is 19.7. The van der Waals surface area contributed by atoms with Crippen molar-refractivity contribution in [2.24, 2.45) is 0 Å². The molecule has 2 fully saturated rings. The van der Waals surface area contributed by atoms with Crippen LogP contribution in [0.4, 0.5) is 4.79 Å². The van der Waals surface area contributed by atoms with Gasteiger partial charge in [0.1, 0.15) is 0 Å². The molecule has 1 aromatic carbocycles. The van der Waals surface area contributed by atoms with E-state index in [1.165, 1.54) is 0 Å². The molecule has 1 atom stereocenters. The van der Waals surface area contributed by atoms with Crippen LogP contribution in [-0.2, 0) is 16.0 Å². The highest BCUT2D eigenvalue weighted by Crippen LogP contribution is 2.19. The highest BCUT2D eigenvalue weighted by atomic mass is 35.5. The highest BCUT2D eigenvalue weighted by Gasteiger charge is 2.24. The molecule has 2 saturated heterocycles. The fourth-order valence-corrected chi connectivity index (χ4v) is 4.24. The minimum atomic E-state index is -0.320. The van der Waals surface area contributed by atoms with Gasteiger partial charge >= 0.3 is 6.09 Å². The maximum absolute atomic E-state index is 12.3. The van der Waals surface area contributed by atoms with Gasteiger partial charge in [0, 0.05) is 54.6 Å². The van der Waals surface area contributed by atoms with E-state index in [2.05, 4.69) is 21.7 Å². The molecule has 0 saturated carbocycles. The fourth-order valence-electron chi connectivity index (χ4n) is 3.67. The quantitative estimate of drug-likeness (QED) is 0.478. The number of halogens is 2. The Morgan fingerprint density at radius 1 is 1.17 bits per heavy atom. The number of piperidine rings is 1. The van der Waals surface area contributed by atoms with E-state index in [9.17, 15) is 9.59 Å². The van der Waals surface area contributed by atoms with Crippen LogP contribution in [0.2, 0.25) is 10.0 Å².